The van der Waals surface area contributed by atoms with Crippen LogP contribution in [-0.4, -0.2) is 33.1 Å². The molecule has 0 fully saturated rings. The minimum Gasteiger partial charge on any atom is -0.508 e. The molecule has 0 atom stereocenters. The van der Waals surface area contributed by atoms with Crippen LogP contribution < -0.4 is 10.6 Å². The molecule has 0 bridgehead atoms. The van der Waals surface area contributed by atoms with Gasteiger partial charge in [0, 0.05) is 17.4 Å². The van der Waals surface area contributed by atoms with Crippen molar-refractivity contribution in [2.45, 2.75) is 27.2 Å². The number of anilines is 4. The largest absolute Gasteiger partial charge is 0.508 e. The average molecular weight is 395 g/mol. The lowest BCUT2D eigenvalue weighted by Crippen LogP contribution is -2.05. The summed E-state index contributed by atoms with van der Waals surface area (Å²) in [6.07, 6.45) is 1.57. The van der Waals surface area contributed by atoms with Crippen LogP contribution in [0.3, 0.4) is 0 Å². The van der Waals surface area contributed by atoms with E-state index in [0.29, 0.717) is 17.6 Å². The highest BCUT2D eigenvalue weighted by Gasteiger charge is 2.06. The predicted octanol–water partition coefficient (Wildman–Crippen LogP) is 4.11. The van der Waals surface area contributed by atoms with Crippen molar-refractivity contribution in [2.75, 3.05) is 17.7 Å². The van der Waals surface area contributed by atoms with E-state index in [1.165, 1.54) is 13.4 Å². The van der Waals surface area contributed by atoms with Gasteiger partial charge in [0.1, 0.15) is 12.1 Å². The molecule has 8 heteroatoms. The first-order valence-electron chi connectivity index (χ1n) is 9.22. The maximum Gasteiger partial charge on any atom is 0.309 e. The Bertz CT molecular complexity index is 963. The summed E-state index contributed by atoms with van der Waals surface area (Å²) in [5.41, 5.74) is 3.00. The molecule has 1 heterocycles. The van der Waals surface area contributed by atoms with Crippen LogP contribution in [0.4, 0.5) is 23.3 Å². The summed E-state index contributed by atoms with van der Waals surface area (Å²) in [6.45, 7) is 5.82. The number of esters is 1. The number of carbonyl (C=O) groups is 1. The Balaban J connectivity index is 0.00000145. The number of hydrogen-bond donors (Lipinski definition) is 3. The van der Waals surface area contributed by atoms with Crippen LogP contribution in [0.15, 0.2) is 48.8 Å². The number of phenolic OH excluding ortho intramolecular Hbond substituents is 1. The number of hydrogen-bond acceptors (Lipinski definition) is 8. The quantitative estimate of drug-likeness (QED) is 0.535. The van der Waals surface area contributed by atoms with Crippen molar-refractivity contribution in [3.05, 3.63) is 59.9 Å². The molecule has 3 N–H and O–H groups in total. The van der Waals surface area contributed by atoms with Crippen molar-refractivity contribution in [1.82, 2.24) is 15.0 Å². The Morgan fingerprint density at radius 1 is 1.03 bits per heavy atom. The van der Waals surface area contributed by atoms with E-state index in [2.05, 4.69) is 30.3 Å². The third kappa shape index (κ3) is 6.46. The SMILES string of the molecule is CC.COC(=O)Cc1cccc(Nc2ncnc(Nc3ccc(C)c(O)c3)n2)c1. The van der Waals surface area contributed by atoms with Gasteiger partial charge in [0.05, 0.1) is 13.5 Å². The number of nitrogens with one attached hydrogen (secondary N) is 2. The summed E-state index contributed by atoms with van der Waals surface area (Å²) in [6, 6.07) is 12.6. The molecule has 0 saturated heterocycles. The fraction of sp³-hybridized carbons (Fsp3) is 0.238. The van der Waals surface area contributed by atoms with Crippen LogP contribution in [0.1, 0.15) is 25.0 Å². The summed E-state index contributed by atoms with van der Waals surface area (Å²) in [4.78, 5) is 23.9. The van der Waals surface area contributed by atoms with Gasteiger partial charge in [-0.05, 0) is 36.2 Å². The first-order chi connectivity index (χ1) is 14.0. The molecule has 29 heavy (non-hydrogen) atoms. The van der Waals surface area contributed by atoms with Crippen molar-refractivity contribution >= 4 is 29.2 Å². The van der Waals surface area contributed by atoms with Gasteiger partial charge >= 0.3 is 5.97 Å². The van der Waals surface area contributed by atoms with Crippen molar-refractivity contribution in [3.63, 3.8) is 0 Å². The van der Waals surface area contributed by atoms with Gasteiger partial charge < -0.3 is 20.5 Å². The van der Waals surface area contributed by atoms with E-state index in [9.17, 15) is 9.90 Å². The van der Waals surface area contributed by atoms with Gasteiger partial charge in [0.15, 0.2) is 0 Å². The zero-order valence-electron chi connectivity index (χ0n) is 16.9. The van der Waals surface area contributed by atoms with E-state index >= 15 is 0 Å². The molecular formula is C21H25N5O3. The third-order valence-corrected chi connectivity index (χ3v) is 3.80. The minimum atomic E-state index is -0.305. The Labute approximate surface area is 170 Å². The van der Waals surface area contributed by atoms with Crippen molar-refractivity contribution < 1.29 is 14.6 Å². The molecule has 152 valence electrons. The van der Waals surface area contributed by atoms with E-state index in [4.69, 9.17) is 0 Å². The highest BCUT2D eigenvalue weighted by atomic mass is 16.5. The molecular weight excluding hydrogens is 370 g/mol. The molecule has 0 amide bonds. The number of aromatic nitrogens is 3. The molecule has 1 aromatic heterocycles. The van der Waals surface area contributed by atoms with Gasteiger partial charge in [-0.1, -0.05) is 32.0 Å². The number of rotatable bonds is 6. The topological polar surface area (TPSA) is 109 Å². The molecule has 0 aliphatic rings. The van der Waals surface area contributed by atoms with Crippen LogP contribution in [0.2, 0.25) is 0 Å². The van der Waals surface area contributed by atoms with Crippen LogP contribution in [0.25, 0.3) is 0 Å². The van der Waals surface area contributed by atoms with Crippen LogP contribution in [0, 0.1) is 6.92 Å². The maximum atomic E-state index is 11.4. The van der Waals surface area contributed by atoms with Gasteiger partial charge in [0.2, 0.25) is 11.9 Å². The van der Waals surface area contributed by atoms with Crippen molar-refractivity contribution in [3.8, 4) is 5.75 Å². The summed E-state index contributed by atoms with van der Waals surface area (Å²) in [5.74, 6) is 0.565. The molecule has 0 aliphatic heterocycles. The van der Waals surface area contributed by atoms with Gasteiger partial charge in [-0.25, -0.2) is 9.97 Å². The van der Waals surface area contributed by atoms with Crippen molar-refractivity contribution in [2.24, 2.45) is 0 Å². The number of phenols is 1. The van der Waals surface area contributed by atoms with E-state index in [1.807, 2.05) is 51.1 Å². The smallest absolute Gasteiger partial charge is 0.309 e. The monoisotopic (exact) mass is 395 g/mol. The first-order valence-corrected chi connectivity index (χ1v) is 9.22. The number of aryl methyl sites for hydroxylation is 1. The zero-order chi connectivity index (χ0) is 21.2. The number of nitrogens with zero attached hydrogens (tertiary/aromatic N) is 3. The van der Waals surface area contributed by atoms with Crippen LogP contribution in [0.5, 0.6) is 5.75 Å². The summed E-state index contributed by atoms with van der Waals surface area (Å²) in [7, 11) is 1.36. The molecule has 0 spiro atoms. The second kappa shape index (κ2) is 10.6. The average Bonchev–Trinajstić information content (AvgIpc) is 2.73. The van der Waals surface area contributed by atoms with E-state index in [-0.39, 0.29) is 18.1 Å². The second-order valence-corrected chi connectivity index (χ2v) is 5.84. The molecule has 0 aliphatic carbocycles. The van der Waals surface area contributed by atoms with E-state index in [1.54, 1.807) is 12.1 Å². The van der Waals surface area contributed by atoms with Crippen LogP contribution >= 0.6 is 0 Å². The third-order valence-electron chi connectivity index (χ3n) is 3.80. The lowest BCUT2D eigenvalue weighted by atomic mass is 10.1. The maximum absolute atomic E-state index is 11.4. The minimum absolute atomic E-state index is 0.187. The molecule has 0 unspecified atom stereocenters. The fourth-order valence-corrected chi connectivity index (χ4v) is 2.36. The van der Waals surface area contributed by atoms with E-state index < -0.39 is 0 Å². The lowest BCUT2D eigenvalue weighted by molar-refractivity contribution is -0.139. The Morgan fingerprint density at radius 2 is 1.69 bits per heavy atom. The Morgan fingerprint density at radius 3 is 2.31 bits per heavy atom. The second-order valence-electron chi connectivity index (χ2n) is 5.84. The number of benzene rings is 2. The first kappa shape index (κ1) is 21.6. The zero-order valence-corrected chi connectivity index (χ0v) is 16.9. The van der Waals surface area contributed by atoms with Gasteiger partial charge in [0.25, 0.3) is 0 Å². The standard InChI is InChI=1S/C19H19N5O3.C2H6/c1-12-6-7-15(10-16(12)25)23-19-21-11-20-18(24-19)22-14-5-3-4-13(8-14)9-17(26)27-2;1-2/h3-8,10-11,25H,9H2,1-2H3,(H2,20,21,22,23,24);1-2H3. The molecule has 0 radical (unpaired) electrons. The Kier molecular flexibility index (Phi) is 7.90. The number of methoxy groups -OCH3 is 1. The molecule has 3 aromatic rings. The number of carbonyl (C=O) groups excluding carboxylic acids is 1. The number of aromatic hydroxyl groups is 1. The summed E-state index contributed by atoms with van der Waals surface area (Å²) >= 11 is 0. The van der Waals surface area contributed by atoms with Gasteiger partial charge in [-0.15, -0.1) is 0 Å². The lowest BCUT2D eigenvalue weighted by Gasteiger charge is -2.09. The van der Waals surface area contributed by atoms with Gasteiger partial charge in [-0.2, -0.15) is 4.98 Å². The van der Waals surface area contributed by atoms with Crippen LogP contribution in [-0.2, 0) is 16.0 Å². The highest BCUT2D eigenvalue weighted by molar-refractivity contribution is 5.73. The molecule has 3 rings (SSSR count). The Hall–Kier alpha value is -3.68. The predicted molar refractivity (Wildman–Crippen MR) is 113 cm³/mol. The summed E-state index contributed by atoms with van der Waals surface area (Å²) < 4.78 is 4.68. The normalized spacial score (nSPS) is 9.79. The van der Waals surface area contributed by atoms with E-state index in [0.717, 1.165) is 16.8 Å². The molecule has 2 aromatic carbocycles. The fourth-order valence-electron chi connectivity index (χ4n) is 2.36. The van der Waals surface area contributed by atoms with Crippen molar-refractivity contribution in [1.29, 1.82) is 0 Å². The van der Waals surface area contributed by atoms with Gasteiger partial charge in [-0.3, -0.25) is 4.79 Å². The molecule has 8 nitrogen and oxygen atoms in total. The summed E-state index contributed by atoms with van der Waals surface area (Å²) in [5, 5.41) is 15.9. The highest BCUT2D eigenvalue weighted by Crippen LogP contribution is 2.23. The number of ether oxygens (including phenoxy) is 1. The molecule has 0 saturated carbocycles.